The minimum absolute atomic E-state index is 0.131. The molecule has 7 nitrogen and oxygen atoms in total. The van der Waals surface area contributed by atoms with Gasteiger partial charge in [0, 0.05) is 32.4 Å². The molecule has 0 saturated carbocycles. The van der Waals surface area contributed by atoms with Crippen molar-refractivity contribution in [3.8, 4) is 0 Å². The smallest absolute Gasteiger partial charge is 0.262 e. The topological polar surface area (TPSA) is 90.5 Å². The van der Waals surface area contributed by atoms with E-state index in [2.05, 4.69) is 18.8 Å². The fourth-order valence-corrected chi connectivity index (χ4v) is 4.10. The maximum absolute atomic E-state index is 12.6. The molecule has 0 spiro atoms. The summed E-state index contributed by atoms with van der Waals surface area (Å²) < 4.78 is 34.4. The van der Waals surface area contributed by atoms with Crippen molar-refractivity contribution in [1.29, 1.82) is 0 Å². The number of rotatable bonds is 8. The third-order valence-electron chi connectivity index (χ3n) is 3.89. The van der Waals surface area contributed by atoms with Crippen LogP contribution in [0.25, 0.3) is 0 Å². The first kappa shape index (κ1) is 18.4. The van der Waals surface area contributed by atoms with Crippen LogP contribution in [-0.2, 0) is 21.3 Å². The predicted octanol–water partition coefficient (Wildman–Crippen LogP) is 1.06. The van der Waals surface area contributed by atoms with Crippen molar-refractivity contribution in [1.82, 2.24) is 13.9 Å². The van der Waals surface area contributed by atoms with E-state index in [-0.39, 0.29) is 11.1 Å². The largest absolute Gasteiger partial charge is 0.378 e. The molecule has 0 aromatic carbocycles. The third kappa shape index (κ3) is 5.00. The first-order valence-corrected chi connectivity index (χ1v) is 9.71. The zero-order valence-corrected chi connectivity index (χ0v) is 14.8. The molecule has 132 valence electrons. The highest BCUT2D eigenvalue weighted by molar-refractivity contribution is 7.89. The molecular formula is C15H28N4O3S. The molecule has 23 heavy (non-hydrogen) atoms. The number of piperidine rings is 1. The Bertz CT molecular complexity index is 577. The fraction of sp³-hybridized carbons (Fsp3) is 0.800. The highest BCUT2D eigenvalue weighted by Crippen LogP contribution is 2.21. The predicted molar refractivity (Wildman–Crippen MR) is 88.5 cm³/mol. The van der Waals surface area contributed by atoms with E-state index in [1.54, 1.807) is 12.5 Å². The van der Waals surface area contributed by atoms with Gasteiger partial charge in [-0.15, -0.1) is 0 Å². The Kier molecular flexibility index (Phi) is 6.58. The minimum atomic E-state index is -3.50. The summed E-state index contributed by atoms with van der Waals surface area (Å²) in [7, 11) is -3.50. The molecule has 1 aromatic rings. The summed E-state index contributed by atoms with van der Waals surface area (Å²) in [5.41, 5.74) is 5.44. The van der Waals surface area contributed by atoms with Crippen LogP contribution in [0.5, 0.6) is 0 Å². The van der Waals surface area contributed by atoms with Crippen LogP contribution in [0.15, 0.2) is 17.6 Å². The molecule has 0 aliphatic carbocycles. The third-order valence-corrected chi connectivity index (χ3v) is 5.68. The maximum atomic E-state index is 12.6. The molecule has 1 aromatic heterocycles. The van der Waals surface area contributed by atoms with Crippen molar-refractivity contribution in [3.05, 3.63) is 12.5 Å². The summed E-state index contributed by atoms with van der Waals surface area (Å²) >= 11 is 0. The molecule has 0 amide bonds. The van der Waals surface area contributed by atoms with Crippen LogP contribution in [0.3, 0.4) is 0 Å². The number of sulfonamides is 1. The Labute approximate surface area is 138 Å². The zero-order valence-electron chi connectivity index (χ0n) is 14.0. The first-order chi connectivity index (χ1) is 10.9. The van der Waals surface area contributed by atoms with Gasteiger partial charge in [-0.3, -0.25) is 0 Å². The van der Waals surface area contributed by atoms with Crippen LogP contribution >= 0.6 is 0 Å². The maximum Gasteiger partial charge on any atom is 0.262 e. The van der Waals surface area contributed by atoms with Crippen molar-refractivity contribution in [2.24, 2.45) is 11.7 Å². The summed E-state index contributed by atoms with van der Waals surface area (Å²) in [5, 5.41) is 0.139. The molecule has 0 bridgehead atoms. The minimum Gasteiger partial charge on any atom is -0.378 e. The van der Waals surface area contributed by atoms with Crippen LogP contribution in [0, 0.1) is 5.92 Å². The average molecular weight is 344 g/mol. The quantitative estimate of drug-likeness (QED) is 0.712. The molecule has 0 atom stereocenters. The summed E-state index contributed by atoms with van der Waals surface area (Å²) in [4.78, 5) is 4.08. The molecule has 1 aliphatic heterocycles. The number of hydrogen-bond donors (Lipinski definition) is 1. The van der Waals surface area contributed by atoms with E-state index in [9.17, 15) is 8.42 Å². The van der Waals surface area contributed by atoms with Crippen LogP contribution in [-0.4, -0.2) is 54.6 Å². The summed E-state index contributed by atoms with van der Waals surface area (Å²) in [5.74, 6) is 0.446. The number of nitrogens with two attached hydrogens (primary N) is 1. The van der Waals surface area contributed by atoms with E-state index >= 15 is 0 Å². The molecule has 0 radical (unpaired) electrons. The lowest BCUT2D eigenvalue weighted by Crippen LogP contribution is -2.41. The van der Waals surface area contributed by atoms with Crippen LogP contribution < -0.4 is 5.73 Å². The van der Waals surface area contributed by atoms with E-state index < -0.39 is 10.0 Å². The van der Waals surface area contributed by atoms with Crippen molar-refractivity contribution in [2.75, 3.05) is 26.2 Å². The van der Waals surface area contributed by atoms with Crippen molar-refractivity contribution < 1.29 is 13.2 Å². The molecular weight excluding hydrogens is 316 g/mol. The fourth-order valence-electron chi connectivity index (χ4n) is 2.70. The molecule has 1 fully saturated rings. The Morgan fingerprint density at radius 2 is 2.09 bits per heavy atom. The number of ether oxygens (including phenoxy) is 1. The second kappa shape index (κ2) is 8.23. The van der Waals surface area contributed by atoms with Gasteiger partial charge in [0.2, 0.25) is 0 Å². The van der Waals surface area contributed by atoms with Crippen LogP contribution in [0.1, 0.15) is 33.1 Å². The second-order valence-electron chi connectivity index (χ2n) is 6.42. The van der Waals surface area contributed by atoms with Gasteiger partial charge in [-0.05, 0) is 31.7 Å². The number of nitrogens with zero attached hydrogens (tertiary/aromatic N) is 3. The van der Waals surface area contributed by atoms with Gasteiger partial charge < -0.3 is 15.0 Å². The molecule has 2 heterocycles. The van der Waals surface area contributed by atoms with Crippen LogP contribution in [0.4, 0.5) is 0 Å². The summed E-state index contributed by atoms with van der Waals surface area (Å²) in [6.07, 6.45) is 5.62. The SMILES string of the molecule is CC(C)Cn1cnc(S(=O)(=O)N2CCC(OCCCN)CC2)c1. The normalized spacial score (nSPS) is 17.9. The van der Waals surface area contributed by atoms with E-state index in [1.807, 2.05) is 4.57 Å². The highest BCUT2D eigenvalue weighted by Gasteiger charge is 2.31. The Hall–Kier alpha value is -0.960. The average Bonchev–Trinajstić information content (AvgIpc) is 2.96. The van der Waals surface area contributed by atoms with E-state index in [1.165, 1.54) is 4.31 Å². The number of aromatic nitrogens is 2. The van der Waals surface area contributed by atoms with E-state index in [0.717, 1.165) is 25.8 Å². The van der Waals surface area contributed by atoms with Gasteiger partial charge in [0.1, 0.15) is 0 Å². The molecule has 8 heteroatoms. The molecule has 0 unspecified atom stereocenters. The van der Waals surface area contributed by atoms with Gasteiger partial charge in [0.25, 0.3) is 10.0 Å². The Morgan fingerprint density at radius 1 is 1.39 bits per heavy atom. The lowest BCUT2D eigenvalue weighted by Gasteiger charge is -2.30. The van der Waals surface area contributed by atoms with Crippen molar-refractivity contribution >= 4 is 10.0 Å². The molecule has 1 saturated heterocycles. The highest BCUT2D eigenvalue weighted by atomic mass is 32.2. The molecule has 1 aliphatic rings. The van der Waals surface area contributed by atoms with E-state index in [0.29, 0.717) is 32.2 Å². The van der Waals surface area contributed by atoms with Gasteiger partial charge in [-0.25, -0.2) is 13.4 Å². The van der Waals surface area contributed by atoms with Gasteiger partial charge in [0.05, 0.1) is 12.4 Å². The zero-order chi connectivity index (χ0) is 16.9. The lowest BCUT2D eigenvalue weighted by atomic mass is 10.1. The standard InChI is InChI=1S/C15H28N4O3S/c1-13(2)10-18-11-15(17-12-18)23(20,21)19-7-4-14(5-8-19)22-9-3-6-16/h11-14H,3-10,16H2,1-2H3. The van der Waals surface area contributed by atoms with Crippen molar-refractivity contribution in [2.45, 2.75) is 50.8 Å². The van der Waals surface area contributed by atoms with Crippen LogP contribution in [0.2, 0.25) is 0 Å². The van der Waals surface area contributed by atoms with Gasteiger partial charge in [-0.1, -0.05) is 13.8 Å². The van der Waals surface area contributed by atoms with Gasteiger partial charge in [0.15, 0.2) is 5.03 Å². The van der Waals surface area contributed by atoms with Crippen molar-refractivity contribution in [3.63, 3.8) is 0 Å². The molecule has 2 N–H and O–H groups in total. The first-order valence-electron chi connectivity index (χ1n) is 8.27. The monoisotopic (exact) mass is 344 g/mol. The number of imidazole rings is 1. The summed E-state index contributed by atoms with van der Waals surface area (Å²) in [6.45, 7) is 7.16. The van der Waals surface area contributed by atoms with E-state index in [4.69, 9.17) is 10.5 Å². The second-order valence-corrected chi connectivity index (χ2v) is 8.30. The Balaban J connectivity index is 1.92. The van der Waals surface area contributed by atoms with Gasteiger partial charge in [-0.2, -0.15) is 4.31 Å². The lowest BCUT2D eigenvalue weighted by molar-refractivity contribution is 0.0208. The molecule has 2 rings (SSSR count). The summed E-state index contributed by atoms with van der Waals surface area (Å²) in [6, 6.07) is 0. The Morgan fingerprint density at radius 3 is 2.70 bits per heavy atom. The van der Waals surface area contributed by atoms with Gasteiger partial charge >= 0.3 is 0 Å². The number of hydrogen-bond acceptors (Lipinski definition) is 5.